The molecule has 17 heavy (non-hydrogen) atoms. The van der Waals surface area contributed by atoms with E-state index in [1.54, 1.807) is 23.1 Å². The molecule has 1 aliphatic heterocycles. The number of carbonyl (C=O) groups is 1. The lowest BCUT2D eigenvalue weighted by molar-refractivity contribution is -0.123. The maximum Gasteiger partial charge on any atom is 0.238 e. The molecule has 0 radical (unpaired) electrons. The molecule has 2 unspecified atom stereocenters. The van der Waals surface area contributed by atoms with Crippen molar-refractivity contribution in [1.29, 1.82) is 0 Å². The predicted octanol–water partition coefficient (Wildman–Crippen LogP) is 2.37. The topological polar surface area (TPSA) is 41.1 Å². The molecule has 0 saturated carbocycles. The highest BCUT2D eigenvalue weighted by Gasteiger charge is 2.25. The van der Waals surface area contributed by atoms with Crippen molar-refractivity contribution in [3.05, 3.63) is 22.4 Å². The molecule has 1 saturated heterocycles. The second-order valence-electron chi connectivity index (χ2n) is 4.14. The third-order valence-corrected chi connectivity index (χ3v) is 4.74. The summed E-state index contributed by atoms with van der Waals surface area (Å²) in [5, 5.41) is 8.42. The standard InChI is InChI=1S/C12H18N2OS2/c1-2-4-9(11-5-3-6-17-11)14-12(15)10-7-16-8-13-10/h3,5-6,9-10,13H,2,4,7-8H2,1H3,(H,14,15). The highest BCUT2D eigenvalue weighted by molar-refractivity contribution is 7.99. The smallest absolute Gasteiger partial charge is 0.238 e. The van der Waals surface area contributed by atoms with Gasteiger partial charge in [-0.15, -0.1) is 23.1 Å². The lowest BCUT2D eigenvalue weighted by Gasteiger charge is -2.19. The van der Waals surface area contributed by atoms with E-state index in [-0.39, 0.29) is 18.0 Å². The Kier molecular flexibility index (Phi) is 4.88. The van der Waals surface area contributed by atoms with Crippen molar-refractivity contribution >= 4 is 29.0 Å². The first kappa shape index (κ1) is 12.9. The summed E-state index contributed by atoms with van der Waals surface area (Å²) in [6.45, 7) is 2.15. The lowest BCUT2D eigenvalue weighted by Crippen LogP contribution is -2.43. The fourth-order valence-electron chi connectivity index (χ4n) is 1.90. The SMILES string of the molecule is CCCC(NC(=O)C1CSCN1)c1cccs1. The minimum atomic E-state index is -0.0145. The number of thioether (sulfide) groups is 1. The summed E-state index contributed by atoms with van der Waals surface area (Å²) in [6.07, 6.45) is 2.09. The summed E-state index contributed by atoms with van der Waals surface area (Å²) in [4.78, 5) is 13.3. The first-order valence-electron chi connectivity index (χ1n) is 5.96. The number of hydrogen-bond acceptors (Lipinski definition) is 4. The van der Waals surface area contributed by atoms with Gasteiger partial charge in [0.15, 0.2) is 0 Å². The Hall–Kier alpha value is -0.520. The van der Waals surface area contributed by atoms with Gasteiger partial charge in [-0.05, 0) is 17.9 Å². The number of hydrogen-bond donors (Lipinski definition) is 2. The Morgan fingerprint density at radius 1 is 1.71 bits per heavy atom. The van der Waals surface area contributed by atoms with Crippen molar-refractivity contribution in [3.63, 3.8) is 0 Å². The van der Waals surface area contributed by atoms with E-state index in [1.807, 2.05) is 6.07 Å². The van der Waals surface area contributed by atoms with Crippen LogP contribution < -0.4 is 10.6 Å². The molecule has 1 amide bonds. The summed E-state index contributed by atoms with van der Waals surface area (Å²) < 4.78 is 0. The van der Waals surface area contributed by atoms with Crippen LogP contribution in [0.3, 0.4) is 0 Å². The molecule has 0 aliphatic carbocycles. The van der Waals surface area contributed by atoms with E-state index < -0.39 is 0 Å². The molecular formula is C12H18N2OS2. The zero-order valence-corrected chi connectivity index (χ0v) is 11.6. The van der Waals surface area contributed by atoms with E-state index in [1.165, 1.54) is 4.88 Å². The van der Waals surface area contributed by atoms with Crippen LogP contribution in [0, 0.1) is 0 Å². The van der Waals surface area contributed by atoms with E-state index in [0.29, 0.717) is 0 Å². The fourth-order valence-corrected chi connectivity index (χ4v) is 3.65. The van der Waals surface area contributed by atoms with Gasteiger partial charge >= 0.3 is 0 Å². The zero-order chi connectivity index (χ0) is 12.1. The van der Waals surface area contributed by atoms with Crippen molar-refractivity contribution in [2.75, 3.05) is 11.6 Å². The fraction of sp³-hybridized carbons (Fsp3) is 0.583. The van der Waals surface area contributed by atoms with E-state index in [4.69, 9.17) is 0 Å². The Morgan fingerprint density at radius 2 is 2.59 bits per heavy atom. The summed E-state index contributed by atoms with van der Waals surface area (Å²) in [7, 11) is 0. The summed E-state index contributed by atoms with van der Waals surface area (Å²) in [5.41, 5.74) is 0. The van der Waals surface area contributed by atoms with Crippen LogP contribution in [0.1, 0.15) is 30.7 Å². The molecular weight excluding hydrogens is 252 g/mol. The van der Waals surface area contributed by atoms with Gasteiger partial charge in [0, 0.05) is 16.5 Å². The van der Waals surface area contributed by atoms with Crippen molar-refractivity contribution in [2.45, 2.75) is 31.8 Å². The van der Waals surface area contributed by atoms with Crippen molar-refractivity contribution in [1.82, 2.24) is 10.6 Å². The van der Waals surface area contributed by atoms with Gasteiger partial charge in [0.05, 0.1) is 12.1 Å². The molecule has 2 N–H and O–H groups in total. The Balaban J connectivity index is 1.95. The molecule has 2 rings (SSSR count). The van der Waals surface area contributed by atoms with Crippen LogP contribution in [-0.4, -0.2) is 23.6 Å². The van der Waals surface area contributed by atoms with Gasteiger partial charge < -0.3 is 5.32 Å². The number of rotatable bonds is 5. The second-order valence-corrected chi connectivity index (χ2v) is 6.15. The third-order valence-electron chi connectivity index (χ3n) is 2.81. The summed E-state index contributed by atoms with van der Waals surface area (Å²) in [6, 6.07) is 4.31. The quantitative estimate of drug-likeness (QED) is 0.863. The first-order chi connectivity index (χ1) is 8.31. The van der Waals surface area contributed by atoms with Crippen LogP contribution in [0.25, 0.3) is 0 Å². The molecule has 0 bridgehead atoms. The minimum Gasteiger partial charge on any atom is -0.347 e. The van der Waals surface area contributed by atoms with Crippen LogP contribution in [0.2, 0.25) is 0 Å². The molecule has 3 nitrogen and oxygen atoms in total. The average molecular weight is 270 g/mol. The summed E-state index contributed by atoms with van der Waals surface area (Å²) in [5.74, 6) is 1.91. The van der Waals surface area contributed by atoms with Crippen molar-refractivity contribution in [3.8, 4) is 0 Å². The monoisotopic (exact) mass is 270 g/mol. The van der Waals surface area contributed by atoms with Gasteiger partial charge in [-0.2, -0.15) is 0 Å². The van der Waals surface area contributed by atoms with Gasteiger partial charge in [0.2, 0.25) is 5.91 Å². The largest absolute Gasteiger partial charge is 0.347 e. The van der Waals surface area contributed by atoms with Crippen LogP contribution in [-0.2, 0) is 4.79 Å². The lowest BCUT2D eigenvalue weighted by atomic mass is 10.1. The highest BCUT2D eigenvalue weighted by atomic mass is 32.2. The molecule has 2 heterocycles. The highest BCUT2D eigenvalue weighted by Crippen LogP contribution is 2.23. The van der Waals surface area contributed by atoms with E-state index in [9.17, 15) is 4.79 Å². The minimum absolute atomic E-state index is 0.0145. The van der Waals surface area contributed by atoms with Crippen molar-refractivity contribution in [2.24, 2.45) is 0 Å². The molecule has 5 heteroatoms. The maximum absolute atomic E-state index is 12.0. The summed E-state index contributed by atoms with van der Waals surface area (Å²) >= 11 is 3.49. The normalized spacial score (nSPS) is 21.4. The maximum atomic E-state index is 12.0. The van der Waals surface area contributed by atoms with Crippen LogP contribution in [0.4, 0.5) is 0 Å². The Morgan fingerprint density at radius 3 is 3.18 bits per heavy atom. The molecule has 1 aromatic rings. The molecule has 0 aromatic carbocycles. The molecule has 1 fully saturated rings. The van der Waals surface area contributed by atoms with Gasteiger partial charge in [-0.25, -0.2) is 0 Å². The second kappa shape index (κ2) is 6.42. The zero-order valence-electron chi connectivity index (χ0n) is 9.94. The molecule has 94 valence electrons. The van der Waals surface area contributed by atoms with Crippen LogP contribution >= 0.6 is 23.1 Å². The van der Waals surface area contributed by atoms with E-state index >= 15 is 0 Å². The Bertz CT molecular complexity index is 347. The molecule has 2 atom stereocenters. The van der Waals surface area contributed by atoms with Gasteiger partial charge in [0.25, 0.3) is 0 Å². The van der Waals surface area contributed by atoms with Gasteiger partial charge in [-0.3, -0.25) is 10.1 Å². The molecule has 1 aliphatic rings. The number of thiophene rings is 1. The number of carbonyl (C=O) groups excluding carboxylic acids is 1. The first-order valence-corrected chi connectivity index (χ1v) is 7.99. The number of amides is 1. The third kappa shape index (κ3) is 3.47. The molecule has 0 spiro atoms. The number of nitrogens with one attached hydrogen (secondary N) is 2. The Labute approximate surface area is 110 Å². The predicted molar refractivity (Wildman–Crippen MR) is 74.4 cm³/mol. The van der Waals surface area contributed by atoms with E-state index in [0.717, 1.165) is 24.5 Å². The van der Waals surface area contributed by atoms with E-state index in [2.05, 4.69) is 29.0 Å². The molecule has 1 aromatic heterocycles. The van der Waals surface area contributed by atoms with Crippen LogP contribution in [0.5, 0.6) is 0 Å². The average Bonchev–Trinajstić information content (AvgIpc) is 3.01. The van der Waals surface area contributed by atoms with Crippen molar-refractivity contribution < 1.29 is 4.79 Å². The van der Waals surface area contributed by atoms with Gasteiger partial charge in [-0.1, -0.05) is 19.4 Å². The van der Waals surface area contributed by atoms with Gasteiger partial charge in [0.1, 0.15) is 0 Å². The van der Waals surface area contributed by atoms with Crippen LogP contribution in [0.15, 0.2) is 17.5 Å².